The van der Waals surface area contributed by atoms with Crippen LogP contribution in [0.1, 0.15) is 52.1 Å². The normalized spacial score (nSPS) is 20.4. The molecule has 0 aromatic carbocycles. The van der Waals surface area contributed by atoms with E-state index in [4.69, 9.17) is 4.74 Å². The van der Waals surface area contributed by atoms with Gasteiger partial charge in [-0.25, -0.2) is 9.78 Å². The van der Waals surface area contributed by atoms with Crippen LogP contribution in [0, 0.1) is 0 Å². The van der Waals surface area contributed by atoms with Crippen molar-refractivity contribution in [2.24, 2.45) is 0 Å². The smallest absolute Gasteiger partial charge is 0.410 e. The Hall–Kier alpha value is -1.56. The van der Waals surface area contributed by atoms with Crippen molar-refractivity contribution in [3.05, 3.63) is 28.5 Å². The van der Waals surface area contributed by atoms with Crippen LogP contribution in [0.5, 0.6) is 0 Å². The third kappa shape index (κ3) is 3.68. The molecular formula is C19H26BrN3O2. The zero-order valence-corrected chi connectivity index (χ0v) is 17.1. The van der Waals surface area contributed by atoms with Crippen LogP contribution in [0.4, 0.5) is 4.79 Å². The van der Waals surface area contributed by atoms with Crippen LogP contribution in [-0.4, -0.2) is 39.2 Å². The van der Waals surface area contributed by atoms with E-state index in [2.05, 4.69) is 44.7 Å². The second-order valence-electron chi connectivity index (χ2n) is 7.79. The highest BCUT2D eigenvalue weighted by molar-refractivity contribution is 9.10. The van der Waals surface area contributed by atoms with Gasteiger partial charge in [-0.2, -0.15) is 0 Å². The molecule has 3 rings (SSSR count). The summed E-state index contributed by atoms with van der Waals surface area (Å²) in [6.07, 6.45) is 4.82. The molecule has 2 aromatic heterocycles. The summed E-state index contributed by atoms with van der Waals surface area (Å²) in [6.45, 7) is 7.85. The molecule has 1 aliphatic rings. The summed E-state index contributed by atoms with van der Waals surface area (Å²) >= 11 is 3.47. The van der Waals surface area contributed by atoms with Crippen molar-refractivity contribution in [3.63, 3.8) is 0 Å². The van der Waals surface area contributed by atoms with E-state index in [1.807, 2.05) is 33.9 Å². The molecule has 5 nitrogen and oxygen atoms in total. The number of hydrogen-bond donors (Lipinski definition) is 0. The zero-order valence-electron chi connectivity index (χ0n) is 15.5. The third-order valence-corrected chi connectivity index (χ3v) is 5.26. The molecule has 0 spiro atoms. The summed E-state index contributed by atoms with van der Waals surface area (Å²) < 4.78 is 8.59. The molecule has 0 N–H and O–H groups in total. The maximum absolute atomic E-state index is 12.2. The van der Waals surface area contributed by atoms with Crippen molar-refractivity contribution >= 4 is 33.1 Å². The van der Waals surface area contributed by atoms with Gasteiger partial charge in [-0.15, -0.1) is 0 Å². The summed E-state index contributed by atoms with van der Waals surface area (Å²) in [5, 5.41) is 1.22. The Morgan fingerprint density at radius 1 is 1.40 bits per heavy atom. The average molecular weight is 408 g/mol. The van der Waals surface area contributed by atoms with Crippen LogP contribution in [-0.2, 0) is 11.2 Å². The van der Waals surface area contributed by atoms with E-state index in [0.717, 1.165) is 29.5 Å². The Morgan fingerprint density at radius 3 is 2.68 bits per heavy atom. The zero-order chi connectivity index (χ0) is 18.4. The van der Waals surface area contributed by atoms with E-state index < -0.39 is 5.60 Å². The standard InChI is InChI=1S/C19H26BrN3O2/c1-6-12-11-23(17-15(12)7-8-16(20)21-17)14-9-13(10-14)22(5)18(24)25-19(2,3)4/h7-8,11,13-14H,6,9-10H2,1-5H3/t13-,14+. The molecule has 1 aliphatic carbocycles. The fourth-order valence-electron chi connectivity index (χ4n) is 3.32. The lowest BCUT2D eigenvalue weighted by molar-refractivity contribution is 0.00808. The van der Waals surface area contributed by atoms with Crippen molar-refractivity contribution in [2.45, 2.75) is 64.6 Å². The minimum atomic E-state index is -0.461. The number of halogens is 1. The number of fused-ring (bicyclic) bond motifs is 1. The van der Waals surface area contributed by atoms with E-state index in [1.54, 1.807) is 4.90 Å². The monoisotopic (exact) mass is 407 g/mol. The molecule has 1 fully saturated rings. The minimum Gasteiger partial charge on any atom is -0.444 e. The second kappa shape index (κ2) is 6.63. The molecule has 0 saturated heterocycles. The number of carbonyl (C=O) groups excluding carboxylic acids is 1. The maximum Gasteiger partial charge on any atom is 0.410 e. The minimum absolute atomic E-state index is 0.217. The first-order valence-corrected chi connectivity index (χ1v) is 9.60. The van der Waals surface area contributed by atoms with Gasteiger partial charge in [0, 0.05) is 30.7 Å². The van der Waals surface area contributed by atoms with Crippen molar-refractivity contribution in [2.75, 3.05) is 7.05 Å². The molecule has 136 valence electrons. The van der Waals surface area contributed by atoms with Crippen molar-refractivity contribution in [1.29, 1.82) is 0 Å². The van der Waals surface area contributed by atoms with Gasteiger partial charge in [-0.3, -0.25) is 0 Å². The molecule has 25 heavy (non-hydrogen) atoms. The van der Waals surface area contributed by atoms with Crippen LogP contribution in [0.2, 0.25) is 0 Å². The average Bonchev–Trinajstić information content (AvgIpc) is 2.81. The highest BCUT2D eigenvalue weighted by Gasteiger charge is 2.37. The summed E-state index contributed by atoms with van der Waals surface area (Å²) in [7, 11) is 1.83. The molecule has 0 unspecified atom stereocenters. The summed E-state index contributed by atoms with van der Waals surface area (Å²) in [4.78, 5) is 18.6. The van der Waals surface area contributed by atoms with Gasteiger partial charge in [-0.1, -0.05) is 6.92 Å². The number of ether oxygens (including phenoxy) is 1. The number of rotatable bonds is 3. The van der Waals surface area contributed by atoms with Gasteiger partial charge >= 0.3 is 6.09 Å². The topological polar surface area (TPSA) is 47.4 Å². The molecule has 0 atom stereocenters. The lowest BCUT2D eigenvalue weighted by atomic mass is 9.85. The predicted molar refractivity (Wildman–Crippen MR) is 103 cm³/mol. The molecular weight excluding hydrogens is 382 g/mol. The first kappa shape index (κ1) is 18.2. The predicted octanol–water partition coefficient (Wildman–Crippen LogP) is 4.93. The van der Waals surface area contributed by atoms with Crippen molar-refractivity contribution < 1.29 is 9.53 Å². The van der Waals surface area contributed by atoms with Gasteiger partial charge in [0.2, 0.25) is 0 Å². The number of amides is 1. The first-order valence-electron chi connectivity index (χ1n) is 8.81. The molecule has 2 heterocycles. The van der Waals surface area contributed by atoms with Gasteiger partial charge in [0.25, 0.3) is 0 Å². The Bertz CT molecular complexity index is 788. The van der Waals surface area contributed by atoms with Gasteiger partial charge in [0.05, 0.1) is 0 Å². The number of hydrogen-bond acceptors (Lipinski definition) is 3. The molecule has 6 heteroatoms. The number of carbonyl (C=O) groups is 1. The first-order chi connectivity index (χ1) is 11.7. The van der Waals surface area contributed by atoms with Gasteiger partial charge in [0.15, 0.2) is 0 Å². The van der Waals surface area contributed by atoms with E-state index >= 15 is 0 Å². The molecule has 2 aromatic rings. The fourth-order valence-corrected chi connectivity index (χ4v) is 3.62. The Labute approximate surface area is 157 Å². The lowest BCUT2D eigenvalue weighted by Crippen LogP contribution is -2.47. The molecule has 1 saturated carbocycles. The van der Waals surface area contributed by atoms with Crippen molar-refractivity contribution in [3.8, 4) is 0 Å². The Kier molecular flexibility index (Phi) is 4.84. The highest BCUT2D eigenvalue weighted by atomic mass is 79.9. The van der Waals surface area contributed by atoms with Crippen LogP contribution < -0.4 is 0 Å². The second-order valence-corrected chi connectivity index (χ2v) is 8.60. The number of aryl methyl sites for hydroxylation is 1. The van der Waals surface area contributed by atoms with Crippen molar-refractivity contribution in [1.82, 2.24) is 14.5 Å². The van der Waals surface area contributed by atoms with E-state index in [0.29, 0.717) is 6.04 Å². The summed E-state index contributed by atoms with van der Waals surface area (Å²) in [6, 6.07) is 4.71. The SMILES string of the molecule is CCc1cn([C@H]2C[C@@H](N(C)C(=O)OC(C)(C)C)C2)c2nc(Br)ccc12. The fraction of sp³-hybridized carbons (Fsp3) is 0.579. The number of pyridine rings is 1. The van der Waals surface area contributed by atoms with Crippen LogP contribution in [0.25, 0.3) is 11.0 Å². The molecule has 1 amide bonds. The number of nitrogens with zero attached hydrogens (tertiary/aromatic N) is 3. The van der Waals surface area contributed by atoms with Gasteiger partial charge < -0.3 is 14.2 Å². The van der Waals surface area contributed by atoms with Gasteiger partial charge in [-0.05, 0) is 73.7 Å². The summed E-state index contributed by atoms with van der Waals surface area (Å²) in [5.74, 6) is 0. The maximum atomic E-state index is 12.2. The quantitative estimate of drug-likeness (QED) is 0.677. The highest BCUT2D eigenvalue weighted by Crippen LogP contribution is 2.39. The number of aromatic nitrogens is 2. The molecule has 0 aliphatic heterocycles. The van der Waals surface area contributed by atoms with Crippen LogP contribution in [0.3, 0.4) is 0 Å². The van der Waals surface area contributed by atoms with Crippen LogP contribution in [0.15, 0.2) is 22.9 Å². The third-order valence-electron chi connectivity index (χ3n) is 4.82. The van der Waals surface area contributed by atoms with E-state index in [9.17, 15) is 4.79 Å². The van der Waals surface area contributed by atoms with Gasteiger partial charge in [0.1, 0.15) is 15.9 Å². The van der Waals surface area contributed by atoms with Crippen LogP contribution >= 0.6 is 15.9 Å². The largest absolute Gasteiger partial charge is 0.444 e. The summed E-state index contributed by atoms with van der Waals surface area (Å²) in [5.41, 5.74) is 1.88. The van der Waals surface area contributed by atoms with E-state index in [-0.39, 0.29) is 12.1 Å². The lowest BCUT2D eigenvalue weighted by Gasteiger charge is -2.42. The Morgan fingerprint density at radius 2 is 2.08 bits per heavy atom. The van der Waals surface area contributed by atoms with E-state index in [1.165, 1.54) is 10.9 Å². The molecule has 0 bridgehead atoms. The Balaban J connectivity index is 1.73. The molecule has 0 radical (unpaired) electrons.